The van der Waals surface area contributed by atoms with Gasteiger partial charge in [0.1, 0.15) is 5.82 Å². The Bertz CT molecular complexity index is 349. The Hall–Kier alpha value is -0.760. The van der Waals surface area contributed by atoms with E-state index in [0.29, 0.717) is 5.02 Å². The highest BCUT2D eigenvalue weighted by Gasteiger charge is 2.16. The van der Waals surface area contributed by atoms with Crippen molar-refractivity contribution in [2.24, 2.45) is 0 Å². The predicted molar refractivity (Wildman–Crippen MR) is 53.0 cm³/mol. The summed E-state index contributed by atoms with van der Waals surface area (Å²) in [7, 11) is 0. The largest absolute Gasteiger partial charge is 0.384 e. The maximum Gasteiger partial charge on any atom is 0.128 e. The number of benzene rings is 1. The monoisotopic (exact) mass is 199 g/mol. The molecule has 70 valence electrons. The van der Waals surface area contributed by atoms with E-state index in [4.69, 9.17) is 11.6 Å². The summed E-state index contributed by atoms with van der Waals surface area (Å²) in [5, 5.41) is 3.70. The van der Waals surface area contributed by atoms with Crippen molar-refractivity contribution in [1.82, 2.24) is 0 Å². The molecule has 1 aromatic carbocycles. The summed E-state index contributed by atoms with van der Waals surface area (Å²) in [5.74, 6) is -0.201. The summed E-state index contributed by atoms with van der Waals surface area (Å²) in [6.07, 6.45) is 1.97. The van der Waals surface area contributed by atoms with Gasteiger partial charge in [0.2, 0.25) is 0 Å². The second-order valence-corrected chi connectivity index (χ2v) is 3.76. The molecule has 0 saturated heterocycles. The summed E-state index contributed by atoms with van der Waals surface area (Å²) in [5.41, 5.74) is 2.69. The van der Waals surface area contributed by atoms with Gasteiger partial charge in [-0.2, -0.15) is 0 Å². The Morgan fingerprint density at radius 2 is 2.31 bits per heavy atom. The third-order valence-corrected chi connectivity index (χ3v) is 2.81. The number of anilines is 1. The molecule has 0 radical (unpaired) electrons. The average Bonchev–Trinajstić information content (AvgIpc) is 2.15. The van der Waals surface area contributed by atoms with E-state index in [9.17, 15) is 4.39 Å². The van der Waals surface area contributed by atoms with Crippen LogP contribution in [0.2, 0.25) is 5.02 Å². The third kappa shape index (κ3) is 1.39. The molecule has 1 aliphatic rings. The van der Waals surface area contributed by atoms with Gasteiger partial charge in [-0.15, -0.1) is 0 Å². The third-order valence-electron chi connectivity index (χ3n) is 2.51. The molecule has 1 nitrogen and oxygen atoms in total. The van der Waals surface area contributed by atoms with Crippen molar-refractivity contribution in [3.05, 3.63) is 28.0 Å². The predicted octanol–water partition coefficient (Wildman–Crippen LogP) is 3.15. The molecule has 1 aliphatic heterocycles. The van der Waals surface area contributed by atoms with E-state index in [-0.39, 0.29) is 5.82 Å². The van der Waals surface area contributed by atoms with Crippen molar-refractivity contribution in [1.29, 1.82) is 0 Å². The van der Waals surface area contributed by atoms with Gasteiger partial charge in [-0.3, -0.25) is 0 Å². The highest BCUT2D eigenvalue weighted by atomic mass is 35.5. The van der Waals surface area contributed by atoms with Gasteiger partial charge in [0, 0.05) is 6.54 Å². The molecule has 1 aromatic rings. The Labute approximate surface area is 81.9 Å². The van der Waals surface area contributed by atoms with Gasteiger partial charge in [-0.05, 0) is 37.0 Å². The molecular formula is C10H11ClFN. The molecule has 0 saturated carbocycles. The highest BCUT2D eigenvalue weighted by molar-refractivity contribution is 6.33. The fourth-order valence-corrected chi connectivity index (χ4v) is 2.03. The van der Waals surface area contributed by atoms with Crippen LogP contribution in [0.5, 0.6) is 0 Å². The maximum absolute atomic E-state index is 13.3. The van der Waals surface area contributed by atoms with Crippen LogP contribution < -0.4 is 5.32 Å². The fourth-order valence-electron chi connectivity index (χ4n) is 1.75. The highest BCUT2D eigenvalue weighted by Crippen LogP contribution is 2.33. The SMILES string of the molecule is Cc1c(F)cc(Cl)c2c1CCCN2. The van der Waals surface area contributed by atoms with E-state index in [0.717, 1.165) is 36.2 Å². The topological polar surface area (TPSA) is 12.0 Å². The lowest BCUT2D eigenvalue weighted by Gasteiger charge is -2.21. The molecule has 0 spiro atoms. The van der Waals surface area contributed by atoms with Gasteiger partial charge >= 0.3 is 0 Å². The minimum absolute atomic E-state index is 0.201. The molecule has 1 N–H and O–H groups in total. The van der Waals surface area contributed by atoms with E-state index in [1.54, 1.807) is 6.92 Å². The van der Waals surface area contributed by atoms with Gasteiger partial charge in [0.15, 0.2) is 0 Å². The van der Waals surface area contributed by atoms with Crippen molar-refractivity contribution in [2.75, 3.05) is 11.9 Å². The van der Waals surface area contributed by atoms with Crippen LogP contribution in [-0.2, 0) is 6.42 Å². The molecule has 3 heteroatoms. The Morgan fingerprint density at radius 1 is 1.54 bits per heavy atom. The number of hydrogen-bond acceptors (Lipinski definition) is 1. The average molecular weight is 200 g/mol. The standard InChI is InChI=1S/C10H11ClFN/c1-6-7-3-2-4-13-10(7)8(11)5-9(6)12/h5,13H,2-4H2,1H3. The number of hydrogen-bond donors (Lipinski definition) is 1. The molecule has 2 rings (SSSR count). The summed E-state index contributed by atoms with van der Waals surface area (Å²) in [6, 6.07) is 1.38. The van der Waals surface area contributed by atoms with Crippen molar-refractivity contribution < 1.29 is 4.39 Å². The molecule has 0 unspecified atom stereocenters. The maximum atomic E-state index is 13.3. The Kier molecular flexibility index (Phi) is 2.16. The quantitative estimate of drug-likeness (QED) is 0.677. The molecule has 0 amide bonds. The van der Waals surface area contributed by atoms with Crippen LogP contribution in [0.25, 0.3) is 0 Å². The fraction of sp³-hybridized carbons (Fsp3) is 0.400. The lowest BCUT2D eigenvalue weighted by molar-refractivity contribution is 0.613. The van der Waals surface area contributed by atoms with Crippen LogP contribution in [0.4, 0.5) is 10.1 Å². The Morgan fingerprint density at radius 3 is 3.08 bits per heavy atom. The van der Waals surface area contributed by atoms with Crippen LogP contribution in [-0.4, -0.2) is 6.54 Å². The minimum Gasteiger partial charge on any atom is -0.384 e. The van der Waals surface area contributed by atoms with Gasteiger partial charge in [0.25, 0.3) is 0 Å². The van der Waals surface area contributed by atoms with Crippen molar-refractivity contribution in [3.8, 4) is 0 Å². The first-order valence-electron chi connectivity index (χ1n) is 4.41. The number of rotatable bonds is 0. The molecular weight excluding hydrogens is 189 g/mol. The lowest BCUT2D eigenvalue weighted by atomic mass is 9.98. The van der Waals surface area contributed by atoms with Crippen LogP contribution >= 0.6 is 11.6 Å². The first-order valence-corrected chi connectivity index (χ1v) is 4.79. The Balaban J connectivity index is 2.63. The lowest BCUT2D eigenvalue weighted by Crippen LogP contribution is -2.14. The zero-order valence-electron chi connectivity index (χ0n) is 7.45. The molecule has 1 heterocycles. The van der Waals surface area contributed by atoms with Crippen LogP contribution in [0.1, 0.15) is 17.5 Å². The number of fused-ring (bicyclic) bond motifs is 1. The van der Waals surface area contributed by atoms with Gasteiger partial charge in [-0.1, -0.05) is 11.6 Å². The van der Waals surface area contributed by atoms with Gasteiger partial charge < -0.3 is 5.32 Å². The summed E-state index contributed by atoms with van der Waals surface area (Å²) >= 11 is 5.92. The van der Waals surface area contributed by atoms with Crippen LogP contribution in [0, 0.1) is 12.7 Å². The molecule has 0 aliphatic carbocycles. The van der Waals surface area contributed by atoms with Crippen molar-refractivity contribution in [2.45, 2.75) is 19.8 Å². The summed E-state index contributed by atoms with van der Waals surface area (Å²) in [6.45, 7) is 2.73. The molecule has 0 fully saturated rings. The van der Waals surface area contributed by atoms with Gasteiger partial charge in [-0.25, -0.2) is 4.39 Å². The van der Waals surface area contributed by atoms with E-state index in [1.807, 2.05) is 0 Å². The summed E-state index contributed by atoms with van der Waals surface area (Å²) < 4.78 is 13.3. The zero-order valence-corrected chi connectivity index (χ0v) is 8.21. The second-order valence-electron chi connectivity index (χ2n) is 3.35. The molecule has 13 heavy (non-hydrogen) atoms. The minimum atomic E-state index is -0.201. The van der Waals surface area contributed by atoms with Crippen LogP contribution in [0.15, 0.2) is 6.07 Å². The zero-order chi connectivity index (χ0) is 9.42. The first kappa shape index (κ1) is 8.82. The van der Waals surface area contributed by atoms with Gasteiger partial charge in [0.05, 0.1) is 10.7 Å². The smallest absolute Gasteiger partial charge is 0.128 e. The van der Waals surface area contributed by atoms with E-state index >= 15 is 0 Å². The van der Waals surface area contributed by atoms with Crippen molar-refractivity contribution >= 4 is 17.3 Å². The van der Waals surface area contributed by atoms with Crippen LogP contribution in [0.3, 0.4) is 0 Å². The van der Waals surface area contributed by atoms with E-state index in [2.05, 4.69) is 5.32 Å². The van der Waals surface area contributed by atoms with E-state index < -0.39 is 0 Å². The van der Waals surface area contributed by atoms with Crippen molar-refractivity contribution in [3.63, 3.8) is 0 Å². The first-order chi connectivity index (χ1) is 6.20. The van der Waals surface area contributed by atoms with E-state index in [1.165, 1.54) is 6.07 Å². The second kappa shape index (κ2) is 3.18. The molecule has 0 atom stereocenters. The number of nitrogens with one attached hydrogen (secondary N) is 1. The normalized spacial score (nSPS) is 15.0. The summed E-state index contributed by atoms with van der Waals surface area (Å²) in [4.78, 5) is 0. The number of halogens is 2. The molecule has 0 bridgehead atoms. The molecule has 0 aromatic heterocycles.